The Balaban J connectivity index is 1.35. The molecule has 0 spiro atoms. The van der Waals surface area contributed by atoms with Gasteiger partial charge in [-0.1, -0.05) is 18.2 Å². The Morgan fingerprint density at radius 2 is 1.62 bits per heavy atom. The van der Waals surface area contributed by atoms with Crippen molar-refractivity contribution in [2.45, 2.75) is 13.0 Å². The number of hydrogen-bond acceptors (Lipinski definition) is 9. The van der Waals surface area contributed by atoms with Gasteiger partial charge < -0.3 is 27.8 Å². The molecule has 5 aromatic rings. The zero-order chi connectivity index (χ0) is 27.8. The highest BCUT2D eigenvalue weighted by molar-refractivity contribution is 5.97. The van der Waals surface area contributed by atoms with Crippen LogP contribution in [0.15, 0.2) is 79.1 Å². The maximum Gasteiger partial charge on any atom is 0.344 e. The van der Waals surface area contributed by atoms with Gasteiger partial charge in [0, 0.05) is 35.5 Å². The van der Waals surface area contributed by atoms with Gasteiger partial charge in [-0.25, -0.2) is 9.59 Å². The highest BCUT2D eigenvalue weighted by Crippen LogP contribution is 2.37. The van der Waals surface area contributed by atoms with Crippen LogP contribution in [-0.2, 0) is 13.0 Å². The van der Waals surface area contributed by atoms with Gasteiger partial charge in [-0.05, 0) is 48.4 Å². The minimum Gasteiger partial charge on any atom is -0.493 e. The topological polar surface area (TPSA) is 101 Å². The molecule has 0 saturated carbocycles. The van der Waals surface area contributed by atoms with Crippen LogP contribution in [0.1, 0.15) is 11.1 Å². The van der Waals surface area contributed by atoms with Crippen LogP contribution in [0, 0.1) is 0 Å². The summed E-state index contributed by atoms with van der Waals surface area (Å²) < 4.78 is 33.5. The van der Waals surface area contributed by atoms with Crippen LogP contribution in [0.5, 0.6) is 23.0 Å². The van der Waals surface area contributed by atoms with Gasteiger partial charge in [-0.15, -0.1) is 0 Å². The molecule has 0 saturated heterocycles. The lowest BCUT2D eigenvalue weighted by Gasteiger charge is -2.29. The second-order valence-electron chi connectivity index (χ2n) is 9.49. The highest BCUT2D eigenvalue weighted by atomic mass is 16.5. The Hall–Kier alpha value is -4.76. The van der Waals surface area contributed by atoms with Crippen molar-refractivity contribution in [3.05, 3.63) is 92.6 Å². The molecule has 0 radical (unpaired) electrons. The normalized spacial score (nSPS) is 13.2. The summed E-state index contributed by atoms with van der Waals surface area (Å²) in [5, 5.41) is 1.30. The number of fused-ring (bicyclic) bond motifs is 4. The lowest BCUT2D eigenvalue weighted by Crippen LogP contribution is -2.33. The molecule has 0 N–H and O–H groups in total. The Bertz CT molecular complexity index is 1860. The summed E-state index contributed by atoms with van der Waals surface area (Å²) in [4.78, 5) is 28.0. The molecule has 40 heavy (non-hydrogen) atoms. The van der Waals surface area contributed by atoms with Gasteiger partial charge in [0.05, 0.1) is 32.5 Å². The van der Waals surface area contributed by atoms with E-state index >= 15 is 0 Å². The average Bonchev–Trinajstić information content (AvgIpc) is 2.98. The largest absolute Gasteiger partial charge is 0.493 e. The molecule has 3 aromatic carbocycles. The number of rotatable bonds is 7. The summed E-state index contributed by atoms with van der Waals surface area (Å²) in [6.45, 7) is 1.60. The zero-order valence-electron chi connectivity index (χ0n) is 22.3. The number of methoxy groups -OCH3 is 3. The predicted molar refractivity (Wildman–Crippen MR) is 150 cm³/mol. The fourth-order valence-corrected chi connectivity index (χ4v) is 5.14. The molecular formula is C31H27NO8. The summed E-state index contributed by atoms with van der Waals surface area (Å²) >= 11 is 0. The first-order valence-electron chi connectivity index (χ1n) is 12.8. The molecule has 0 aliphatic carbocycles. The minimum atomic E-state index is -0.575. The van der Waals surface area contributed by atoms with Crippen LogP contribution in [0.4, 0.5) is 0 Å². The van der Waals surface area contributed by atoms with Crippen molar-refractivity contribution in [1.29, 1.82) is 0 Å². The first-order valence-corrected chi connectivity index (χ1v) is 12.8. The summed E-state index contributed by atoms with van der Waals surface area (Å²) in [6.07, 6.45) is 0.751. The van der Waals surface area contributed by atoms with E-state index in [1.54, 1.807) is 32.4 Å². The van der Waals surface area contributed by atoms with Crippen molar-refractivity contribution < 1.29 is 27.8 Å². The van der Waals surface area contributed by atoms with Gasteiger partial charge in [-0.3, -0.25) is 4.90 Å². The van der Waals surface area contributed by atoms with Gasteiger partial charge >= 0.3 is 11.3 Å². The fraction of sp³-hybridized carbons (Fsp3) is 0.226. The first-order chi connectivity index (χ1) is 19.5. The third-order valence-electron chi connectivity index (χ3n) is 7.16. The number of benzene rings is 3. The molecule has 0 amide bonds. The molecule has 0 unspecified atom stereocenters. The summed E-state index contributed by atoms with van der Waals surface area (Å²) in [7, 11) is 4.74. The van der Waals surface area contributed by atoms with Crippen molar-refractivity contribution in [1.82, 2.24) is 4.90 Å². The zero-order valence-corrected chi connectivity index (χ0v) is 22.3. The molecule has 0 fully saturated rings. The second-order valence-corrected chi connectivity index (χ2v) is 9.49. The van der Waals surface area contributed by atoms with E-state index in [-0.39, 0.29) is 5.56 Å². The van der Waals surface area contributed by atoms with E-state index in [0.717, 1.165) is 17.5 Å². The molecule has 9 nitrogen and oxygen atoms in total. The summed E-state index contributed by atoms with van der Waals surface area (Å²) in [5.41, 5.74) is 2.15. The van der Waals surface area contributed by atoms with Gasteiger partial charge in [0.25, 0.3) is 0 Å². The van der Waals surface area contributed by atoms with Gasteiger partial charge in [0.15, 0.2) is 22.8 Å². The number of ether oxygens (including phenoxy) is 4. The van der Waals surface area contributed by atoms with E-state index in [1.165, 1.54) is 13.2 Å². The van der Waals surface area contributed by atoms with E-state index in [1.807, 2.05) is 36.4 Å². The molecule has 204 valence electrons. The lowest BCUT2D eigenvalue weighted by atomic mass is 9.99. The molecule has 1 aliphatic rings. The van der Waals surface area contributed by atoms with Gasteiger partial charge in [0.2, 0.25) is 0 Å². The Labute approximate surface area is 229 Å². The third kappa shape index (κ3) is 4.54. The second kappa shape index (κ2) is 10.4. The molecule has 2 aromatic heterocycles. The average molecular weight is 542 g/mol. The Morgan fingerprint density at radius 1 is 0.800 bits per heavy atom. The molecule has 9 heteroatoms. The SMILES string of the molecule is COc1ccc(CCN2COc3ccc4c(-c5cc6cccc(OC)c6oc5=O)cc(=O)oc4c3C2)cc1OC. The molecule has 1 aliphatic heterocycles. The molecular weight excluding hydrogens is 514 g/mol. The maximum absolute atomic E-state index is 13.1. The van der Waals surface area contributed by atoms with Crippen LogP contribution in [-0.4, -0.2) is 39.5 Å². The van der Waals surface area contributed by atoms with Gasteiger partial charge in [0.1, 0.15) is 18.1 Å². The van der Waals surface area contributed by atoms with Crippen LogP contribution in [0.25, 0.3) is 33.1 Å². The summed E-state index contributed by atoms with van der Waals surface area (Å²) in [5.74, 6) is 2.46. The number of hydrogen-bond donors (Lipinski definition) is 0. The van der Waals surface area contributed by atoms with Crippen molar-refractivity contribution in [2.24, 2.45) is 0 Å². The number of para-hydroxylation sites is 1. The van der Waals surface area contributed by atoms with E-state index < -0.39 is 11.3 Å². The van der Waals surface area contributed by atoms with Crippen LogP contribution in [0.3, 0.4) is 0 Å². The molecule has 3 heterocycles. The van der Waals surface area contributed by atoms with E-state index in [2.05, 4.69) is 4.90 Å². The van der Waals surface area contributed by atoms with Gasteiger partial charge in [-0.2, -0.15) is 0 Å². The maximum atomic E-state index is 13.1. The van der Waals surface area contributed by atoms with E-state index in [4.69, 9.17) is 27.8 Å². The van der Waals surface area contributed by atoms with Crippen molar-refractivity contribution in [3.63, 3.8) is 0 Å². The lowest BCUT2D eigenvalue weighted by molar-refractivity contribution is 0.0967. The quantitative estimate of drug-likeness (QED) is 0.264. The van der Waals surface area contributed by atoms with E-state index in [0.29, 0.717) is 70.3 Å². The predicted octanol–water partition coefficient (Wildman–Crippen LogP) is 4.99. The molecule has 0 atom stereocenters. The van der Waals surface area contributed by atoms with Crippen LogP contribution < -0.4 is 30.2 Å². The Kier molecular flexibility index (Phi) is 6.65. The third-order valence-corrected chi connectivity index (χ3v) is 7.16. The monoisotopic (exact) mass is 541 g/mol. The first kappa shape index (κ1) is 25.5. The molecule has 0 bridgehead atoms. The minimum absolute atomic E-state index is 0.264. The fourth-order valence-electron chi connectivity index (χ4n) is 5.14. The number of nitrogens with zero attached hydrogens (tertiary/aromatic N) is 1. The molecule has 6 rings (SSSR count). The van der Waals surface area contributed by atoms with Crippen LogP contribution in [0.2, 0.25) is 0 Å². The highest BCUT2D eigenvalue weighted by Gasteiger charge is 2.24. The van der Waals surface area contributed by atoms with E-state index in [9.17, 15) is 9.59 Å². The summed E-state index contributed by atoms with van der Waals surface area (Å²) in [6, 6.07) is 17.9. The van der Waals surface area contributed by atoms with Crippen LogP contribution >= 0.6 is 0 Å². The van der Waals surface area contributed by atoms with Crippen molar-refractivity contribution in [2.75, 3.05) is 34.6 Å². The van der Waals surface area contributed by atoms with Crippen molar-refractivity contribution >= 4 is 21.9 Å². The standard InChI is InChI=1S/C31H27NO8/c1-35-25-9-7-18(13-27(25)37-3)11-12-32-16-23-24(38-17-32)10-8-20-21(15-28(33)39-30(20)23)22-14-19-5-4-6-26(36-2)29(19)40-31(22)34/h4-10,13-15H,11-12,16-17H2,1-3H3. The Morgan fingerprint density at radius 3 is 2.42 bits per heavy atom. The smallest absolute Gasteiger partial charge is 0.344 e. The van der Waals surface area contributed by atoms with Crippen molar-refractivity contribution in [3.8, 4) is 34.1 Å².